The third-order valence-corrected chi connectivity index (χ3v) is 2.68. The molecule has 0 aromatic carbocycles. The van der Waals surface area contributed by atoms with Crippen molar-refractivity contribution in [3.63, 3.8) is 0 Å². The summed E-state index contributed by atoms with van der Waals surface area (Å²) in [5.41, 5.74) is 6.62. The van der Waals surface area contributed by atoms with Crippen molar-refractivity contribution >= 4 is 27.7 Å². The molecule has 96 valence electrons. The molecule has 3 N–H and O–H groups in total. The molecule has 0 radical (unpaired) electrons. The van der Waals surface area contributed by atoms with E-state index in [1.165, 1.54) is 0 Å². The summed E-state index contributed by atoms with van der Waals surface area (Å²) >= 11 is 3.31. The largest absolute Gasteiger partial charge is 0.448 e. The van der Waals surface area contributed by atoms with Crippen molar-refractivity contribution in [3.8, 4) is 0 Å². The van der Waals surface area contributed by atoms with Gasteiger partial charge >= 0.3 is 6.09 Å². The molecular formula is C10H12BrN5O2. The quantitative estimate of drug-likeness (QED) is 0.791. The first-order valence-electron chi connectivity index (χ1n) is 5.27. The summed E-state index contributed by atoms with van der Waals surface area (Å²) in [5, 5.41) is 3.13. The first kappa shape index (κ1) is 12.8. The number of nitrogens with zero attached hydrogens (tertiary/aromatic N) is 3. The number of nitrogens with one attached hydrogen (secondary N) is 1. The first-order chi connectivity index (χ1) is 8.66. The van der Waals surface area contributed by atoms with Crippen LogP contribution in [0.4, 0.5) is 4.79 Å². The number of carbonyl (C=O) groups is 1. The molecule has 1 amide bonds. The molecule has 18 heavy (non-hydrogen) atoms. The minimum absolute atomic E-state index is 0.247. The smallest absolute Gasteiger partial charge is 0.404 e. The van der Waals surface area contributed by atoms with Gasteiger partial charge in [-0.2, -0.15) is 0 Å². The zero-order valence-electron chi connectivity index (χ0n) is 9.47. The maximum absolute atomic E-state index is 10.3. The minimum Gasteiger partial charge on any atom is -0.448 e. The fraction of sp³-hybridized carbons (Fsp3) is 0.300. The number of carbonyl (C=O) groups excluding carboxylic acids is 1. The van der Waals surface area contributed by atoms with Crippen LogP contribution in [-0.2, 0) is 11.3 Å². The van der Waals surface area contributed by atoms with E-state index < -0.39 is 6.09 Å². The third-order valence-electron chi connectivity index (χ3n) is 2.27. The molecule has 0 bridgehead atoms. The van der Waals surface area contributed by atoms with E-state index in [1.807, 2.05) is 10.6 Å². The average Bonchev–Trinajstić information content (AvgIpc) is 2.71. The Morgan fingerprint density at radius 2 is 2.33 bits per heavy atom. The fourth-order valence-electron chi connectivity index (χ4n) is 1.49. The normalized spacial score (nSPS) is 10.7. The lowest BCUT2D eigenvalue weighted by molar-refractivity contribution is 0.157. The lowest BCUT2D eigenvalue weighted by Gasteiger charge is -2.05. The van der Waals surface area contributed by atoms with Crippen molar-refractivity contribution in [2.24, 2.45) is 5.73 Å². The second kappa shape index (κ2) is 5.78. The molecule has 2 aromatic heterocycles. The van der Waals surface area contributed by atoms with E-state index in [-0.39, 0.29) is 6.61 Å². The van der Waals surface area contributed by atoms with Crippen molar-refractivity contribution in [1.82, 2.24) is 19.7 Å². The van der Waals surface area contributed by atoms with Gasteiger partial charge in [0.2, 0.25) is 0 Å². The molecule has 8 heteroatoms. The van der Waals surface area contributed by atoms with Crippen LogP contribution < -0.4 is 11.1 Å². The van der Waals surface area contributed by atoms with Gasteiger partial charge in [0.05, 0.1) is 18.1 Å². The van der Waals surface area contributed by atoms with Crippen LogP contribution in [0, 0.1) is 0 Å². The zero-order chi connectivity index (χ0) is 13.0. The second-order valence-corrected chi connectivity index (χ2v) is 4.34. The summed E-state index contributed by atoms with van der Waals surface area (Å²) < 4.78 is 7.28. The van der Waals surface area contributed by atoms with Gasteiger partial charge in [0.15, 0.2) is 5.65 Å². The number of nitrogens with two attached hydrogens (primary N) is 1. The predicted octanol–water partition coefficient (Wildman–Crippen LogP) is 0.677. The van der Waals surface area contributed by atoms with E-state index in [0.29, 0.717) is 13.1 Å². The number of amides is 1. The van der Waals surface area contributed by atoms with Gasteiger partial charge in [0.25, 0.3) is 0 Å². The molecule has 0 aliphatic heterocycles. The van der Waals surface area contributed by atoms with E-state index in [2.05, 4.69) is 36.0 Å². The number of fused-ring (bicyclic) bond motifs is 1. The van der Waals surface area contributed by atoms with Gasteiger partial charge in [-0.25, -0.2) is 14.8 Å². The Hall–Kier alpha value is -1.67. The number of hydrogen-bond acceptors (Lipinski definition) is 5. The van der Waals surface area contributed by atoms with Crippen molar-refractivity contribution in [2.45, 2.75) is 6.54 Å². The molecule has 0 aliphatic rings. The summed E-state index contributed by atoms with van der Waals surface area (Å²) in [4.78, 5) is 18.7. The van der Waals surface area contributed by atoms with Crippen LogP contribution in [-0.4, -0.2) is 33.6 Å². The van der Waals surface area contributed by atoms with Crippen molar-refractivity contribution in [2.75, 3.05) is 13.2 Å². The van der Waals surface area contributed by atoms with Crippen molar-refractivity contribution in [3.05, 3.63) is 28.9 Å². The van der Waals surface area contributed by atoms with E-state index in [9.17, 15) is 4.79 Å². The summed E-state index contributed by atoms with van der Waals surface area (Å²) in [6.07, 6.45) is 4.54. The number of hydrogen-bond donors (Lipinski definition) is 2. The number of halogens is 1. The number of imidazole rings is 1. The topological polar surface area (TPSA) is 94.5 Å². The fourth-order valence-corrected chi connectivity index (χ4v) is 1.79. The Balaban J connectivity index is 1.91. The number of ether oxygens (including phenoxy) is 1. The van der Waals surface area contributed by atoms with Crippen molar-refractivity contribution in [1.29, 1.82) is 0 Å². The monoisotopic (exact) mass is 313 g/mol. The molecular weight excluding hydrogens is 302 g/mol. The highest BCUT2D eigenvalue weighted by atomic mass is 79.9. The van der Waals surface area contributed by atoms with E-state index in [0.717, 1.165) is 15.9 Å². The Morgan fingerprint density at radius 3 is 3.11 bits per heavy atom. The molecule has 0 atom stereocenters. The van der Waals surface area contributed by atoms with Crippen molar-refractivity contribution < 1.29 is 9.53 Å². The molecule has 0 saturated carbocycles. The summed E-state index contributed by atoms with van der Waals surface area (Å²) in [5.74, 6) is 0. The van der Waals surface area contributed by atoms with E-state index in [1.54, 1.807) is 12.4 Å². The van der Waals surface area contributed by atoms with Gasteiger partial charge in [0, 0.05) is 19.3 Å². The van der Waals surface area contributed by atoms with Gasteiger partial charge in [-0.05, 0) is 15.9 Å². The minimum atomic E-state index is -0.762. The van der Waals surface area contributed by atoms with Crippen LogP contribution in [0.15, 0.2) is 23.2 Å². The molecule has 2 aromatic rings. The molecule has 0 unspecified atom stereocenters. The second-order valence-electron chi connectivity index (χ2n) is 3.53. The van der Waals surface area contributed by atoms with Crippen LogP contribution >= 0.6 is 15.9 Å². The summed E-state index contributed by atoms with van der Waals surface area (Å²) in [6, 6.07) is 0. The van der Waals surface area contributed by atoms with Gasteiger partial charge in [-0.1, -0.05) is 0 Å². The van der Waals surface area contributed by atoms with E-state index >= 15 is 0 Å². The van der Waals surface area contributed by atoms with Crippen LogP contribution in [0.1, 0.15) is 5.69 Å². The Kier molecular flexibility index (Phi) is 4.11. The Labute approximate surface area is 111 Å². The molecule has 0 aliphatic carbocycles. The maximum atomic E-state index is 10.3. The number of primary amides is 1. The highest BCUT2D eigenvalue weighted by molar-refractivity contribution is 9.10. The lowest BCUT2D eigenvalue weighted by Crippen LogP contribution is -2.23. The summed E-state index contributed by atoms with van der Waals surface area (Å²) in [7, 11) is 0. The number of aromatic nitrogens is 3. The van der Waals surface area contributed by atoms with Gasteiger partial charge < -0.3 is 15.8 Å². The molecule has 7 nitrogen and oxygen atoms in total. The molecule has 0 fully saturated rings. The highest BCUT2D eigenvalue weighted by Crippen LogP contribution is 2.10. The maximum Gasteiger partial charge on any atom is 0.404 e. The SMILES string of the molecule is NC(=O)OCCNCc1cnc2cnc(Br)cn12. The van der Waals surface area contributed by atoms with Gasteiger partial charge in [-0.15, -0.1) is 0 Å². The average molecular weight is 314 g/mol. The number of rotatable bonds is 5. The van der Waals surface area contributed by atoms with Crippen LogP contribution in [0.2, 0.25) is 0 Å². The Morgan fingerprint density at radius 1 is 1.50 bits per heavy atom. The van der Waals surface area contributed by atoms with Crippen LogP contribution in [0.25, 0.3) is 5.65 Å². The van der Waals surface area contributed by atoms with Crippen LogP contribution in [0.3, 0.4) is 0 Å². The standard InChI is InChI=1S/C10H12BrN5O2/c11-8-6-16-7(4-15-9(16)5-14-8)3-13-1-2-18-10(12)17/h4-6,13H,1-3H2,(H2,12,17). The Bertz CT molecular complexity index is 556. The van der Waals surface area contributed by atoms with Crippen LogP contribution in [0.5, 0.6) is 0 Å². The first-order valence-corrected chi connectivity index (χ1v) is 6.06. The molecule has 0 spiro atoms. The van der Waals surface area contributed by atoms with Gasteiger partial charge in [0.1, 0.15) is 11.2 Å². The molecule has 2 heterocycles. The van der Waals surface area contributed by atoms with Gasteiger partial charge in [-0.3, -0.25) is 4.40 Å². The molecule has 2 rings (SSSR count). The molecule has 0 saturated heterocycles. The lowest BCUT2D eigenvalue weighted by atomic mass is 10.4. The zero-order valence-corrected chi connectivity index (χ0v) is 11.1. The van der Waals surface area contributed by atoms with E-state index in [4.69, 9.17) is 5.73 Å². The highest BCUT2D eigenvalue weighted by Gasteiger charge is 2.03. The third kappa shape index (κ3) is 3.17. The predicted molar refractivity (Wildman–Crippen MR) is 67.9 cm³/mol. The summed E-state index contributed by atoms with van der Waals surface area (Å²) in [6.45, 7) is 1.39.